The second-order valence-electron chi connectivity index (χ2n) is 5.88. The van der Waals surface area contributed by atoms with Crippen LogP contribution in [-0.4, -0.2) is 39.6 Å². The van der Waals surface area contributed by atoms with Crippen LogP contribution in [0.5, 0.6) is 5.75 Å². The van der Waals surface area contributed by atoms with Gasteiger partial charge in [-0.2, -0.15) is 0 Å². The lowest BCUT2D eigenvalue weighted by Crippen LogP contribution is -2.28. The van der Waals surface area contributed by atoms with Gasteiger partial charge in [-0.15, -0.1) is 0 Å². The molecule has 0 aromatic heterocycles. The molecule has 2 aromatic carbocycles. The van der Waals surface area contributed by atoms with Gasteiger partial charge in [0.25, 0.3) is 0 Å². The number of nitrogens with one attached hydrogen (secondary N) is 1. The van der Waals surface area contributed by atoms with Crippen molar-refractivity contribution in [2.45, 2.75) is 25.3 Å². The molecule has 2 rings (SSSR count). The first kappa shape index (κ1) is 21.6. The molecule has 0 radical (unpaired) electrons. The maximum atomic E-state index is 13.1. The van der Waals surface area contributed by atoms with Gasteiger partial charge in [-0.25, -0.2) is 17.5 Å². The van der Waals surface area contributed by atoms with E-state index in [1.807, 2.05) is 12.1 Å². The second-order valence-corrected chi connectivity index (χ2v) is 8.02. The molecule has 148 valence electrons. The Balaban J connectivity index is 2.05. The lowest BCUT2D eigenvalue weighted by atomic mass is 10.2. The fraction of sp³-hybridized carbons (Fsp3) is 0.368. The number of para-hydroxylation sites is 1. The third-order valence-corrected chi connectivity index (χ3v) is 6.05. The molecule has 5 nitrogen and oxygen atoms in total. The highest BCUT2D eigenvalue weighted by Gasteiger charge is 2.19. The summed E-state index contributed by atoms with van der Waals surface area (Å²) in [6.45, 7) is 7.41. The van der Waals surface area contributed by atoms with Gasteiger partial charge in [0.1, 0.15) is 23.1 Å². The third kappa shape index (κ3) is 6.17. The number of hydrogen-bond acceptors (Lipinski definition) is 4. The fourth-order valence-electron chi connectivity index (χ4n) is 2.56. The molecule has 0 aliphatic carbocycles. The predicted octanol–water partition coefficient (Wildman–Crippen LogP) is 3.68. The highest BCUT2D eigenvalue weighted by Crippen LogP contribution is 2.23. The van der Waals surface area contributed by atoms with Crippen LogP contribution >= 0.6 is 11.6 Å². The van der Waals surface area contributed by atoms with E-state index in [-0.39, 0.29) is 16.5 Å². The zero-order valence-corrected chi connectivity index (χ0v) is 17.0. The van der Waals surface area contributed by atoms with Crippen LogP contribution in [0.15, 0.2) is 47.4 Å². The average molecular weight is 415 g/mol. The zero-order valence-electron chi connectivity index (χ0n) is 15.4. The van der Waals surface area contributed by atoms with Crippen molar-refractivity contribution in [2.75, 3.05) is 26.2 Å². The predicted molar refractivity (Wildman–Crippen MR) is 105 cm³/mol. The zero-order chi connectivity index (χ0) is 19.9. The number of likely N-dealkylation sites (N-methyl/N-ethyl adjacent to an activating group) is 1. The van der Waals surface area contributed by atoms with Crippen LogP contribution in [0.2, 0.25) is 5.02 Å². The lowest BCUT2D eigenvalue weighted by Gasteiger charge is -2.19. The third-order valence-electron chi connectivity index (χ3n) is 4.17. The van der Waals surface area contributed by atoms with Gasteiger partial charge >= 0.3 is 0 Å². The van der Waals surface area contributed by atoms with Crippen LogP contribution in [0.3, 0.4) is 0 Å². The van der Waals surface area contributed by atoms with Crippen molar-refractivity contribution in [1.82, 2.24) is 9.62 Å². The summed E-state index contributed by atoms with van der Waals surface area (Å²) in [5.74, 6) is 0.0310. The Morgan fingerprint density at radius 3 is 2.52 bits per heavy atom. The van der Waals surface area contributed by atoms with Crippen LogP contribution in [-0.2, 0) is 16.6 Å². The average Bonchev–Trinajstić information content (AvgIpc) is 2.64. The van der Waals surface area contributed by atoms with Gasteiger partial charge < -0.3 is 9.64 Å². The van der Waals surface area contributed by atoms with E-state index in [0.29, 0.717) is 17.9 Å². The molecule has 0 atom stereocenters. The standard InChI is InChI=1S/C19H24ClFN2O3S/c1-3-23(4-2)11-12-26-18-8-6-5-7-15(18)14-22-27(24,25)19-10-9-16(21)13-17(19)20/h5-10,13,22H,3-4,11-12,14H2,1-2H3. The number of sulfonamides is 1. The van der Waals surface area contributed by atoms with Gasteiger partial charge in [-0.05, 0) is 37.4 Å². The van der Waals surface area contributed by atoms with E-state index in [1.165, 1.54) is 0 Å². The number of hydrogen-bond donors (Lipinski definition) is 1. The molecule has 27 heavy (non-hydrogen) atoms. The molecule has 0 saturated carbocycles. The van der Waals surface area contributed by atoms with Gasteiger partial charge in [-0.1, -0.05) is 43.6 Å². The van der Waals surface area contributed by atoms with E-state index in [1.54, 1.807) is 12.1 Å². The van der Waals surface area contributed by atoms with Gasteiger partial charge in [-0.3, -0.25) is 0 Å². The van der Waals surface area contributed by atoms with Crippen molar-refractivity contribution >= 4 is 21.6 Å². The van der Waals surface area contributed by atoms with E-state index in [9.17, 15) is 12.8 Å². The summed E-state index contributed by atoms with van der Waals surface area (Å²) in [7, 11) is -3.88. The fourth-order valence-corrected chi connectivity index (χ4v) is 4.09. The lowest BCUT2D eigenvalue weighted by molar-refractivity contribution is 0.221. The monoisotopic (exact) mass is 414 g/mol. The molecule has 0 spiro atoms. The first-order chi connectivity index (χ1) is 12.9. The highest BCUT2D eigenvalue weighted by atomic mass is 35.5. The van der Waals surface area contributed by atoms with Crippen molar-refractivity contribution < 1.29 is 17.5 Å². The van der Waals surface area contributed by atoms with Crippen molar-refractivity contribution in [1.29, 1.82) is 0 Å². The maximum absolute atomic E-state index is 13.1. The van der Waals surface area contributed by atoms with E-state index in [0.717, 1.165) is 37.8 Å². The molecule has 0 amide bonds. The van der Waals surface area contributed by atoms with Gasteiger partial charge in [0, 0.05) is 18.7 Å². The summed E-state index contributed by atoms with van der Waals surface area (Å²) >= 11 is 5.86. The molecule has 0 unspecified atom stereocenters. The molecule has 0 aliphatic heterocycles. The molecule has 0 bridgehead atoms. The van der Waals surface area contributed by atoms with Crippen LogP contribution in [0.4, 0.5) is 4.39 Å². The smallest absolute Gasteiger partial charge is 0.242 e. The summed E-state index contributed by atoms with van der Waals surface area (Å²) in [4.78, 5) is 2.08. The summed E-state index contributed by atoms with van der Waals surface area (Å²) < 4.78 is 46.4. The minimum atomic E-state index is -3.88. The Labute approximate surface area is 165 Å². The van der Waals surface area contributed by atoms with Crippen LogP contribution in [0, 0.1) is 5.82 Å². The largest absolute Gasteiger partial charge is 0.492 e. The number of benzene rings is 2. The molecular formula is C19H24ClFN2O3S. The minimum absolute atomic E-state index is 0.0392. The van der Waals surface area contributed by atoms with Crippen LogP contribution in [0.25, 0.3) is 0 Å². The number of rotatable bonds is 10. The topological polar surface area (TPSA) is 58.6 Å². The van der Waals surface area contributed by atoms with Crippen LogP contribution in [0.1, 0.15) is 19.4 Å². The van der Waals surface area contributed by atoms with E-state index in [2.05, 4.69) is 23.5 Å². The quantitative estimate of drug-likeness (QED) is 0.644. The molecule has 0 heterocycles. The van der Waals surface area contributed by atoms with Crippen LogP contribution < -0.4 is 9.46 Å². The molecule has 0 aliphatic rings. The molecule has 1 N–H and O–H groups in total. The number of ether oxygens (including phenoxy) is 1. The molecule has 0 saturated heterocycles. The molecule has 0 fully saturated rings. The minimum Gasteiger partial charge on any atom is -0.492 e. The SMILES string of the molecule is CCN(CC)CCOc1ccccc1CNS(=O)(=O)c1ccc(F)cc1Cl. The number of halogens is 2. The van der Waals surface area contributed by atoms with Crippen molar-refractivity contribution in [2.24, 2.45) is 0 Å². The van der Waals surface area contributed by atoms with E-state index < -0.39 is 15.8 Å². The normalized spacial score (nSPS) is 11.7. The van der Waals surface area contributed by atoms with Crippen molar-refractivity contribution in [3.05, 3.63) is 58.9 Å². The summed E-state index contributed by atoms with van der Waals surface area (Å²) in [6, 6.07) is 10.4. The molecular weight excluding hydrogens is 391 g/mol. The highest BCUT2D eigenvalue weighted by molar-refractivity contribution is 7.89. The van der Waals surface area contributed by atoms with Gasteiger partial charge in [0.15, 0.2) is 0 Å². The Morgan fingerprint density at radius 2 is 1.85 bits per heavy atom. The summed E-state index contributed by atoms with van der Waals surface area (Å²) in [5.41, 5.74) is 0.707. The Bertz CT molecular complexity index is 858. The Morgan fingerprint density at radius 1 is 1.15 bits per heavy atom. The second kappa shape index (κ2) is 10.0. The van der Waals surface area contributed by atoms with E-state index in [4.69, 9.17) is 16.3 Å². The molecule has 8 heteroatoms. The molecule has 2 aromatic rings. The number of nitrogens with zero attached hydrogens (tertiary/aromatic N) is 1. The summed E-state index contributed by atoms with van der Waals surface area (Å²) in [6.07, 6.45) is 0. The summed E-state index contributed by atoms with van der Waals surface area (Å²) in [5, 5.41) is -0.161. The van der Waals surface area contributed by atoms with E-state index >= 15 is 0 Å². The van der Waals surface area contributed by atoms with Gasteiger partial charge in [0.2, 0.25) is 10.0 Å². The van der Waals surface area contributed by atoms with Gasteiger partial charge in [0.05, 0.1) is 5.02 Å². The Hall–Kier alpha value is -1.67. The van der Waals surface area contributed by atoms with Crippen molar-refractivity contribution in [3.63, 3.8) is 0 Å². The van der Waals surface area contributed by atoms with Crippen molar-refractivity contribution in [3.8, 4) is 5.75 Å². The first-order valence-corrected chi connectivity index (χ1v) is 10.6. The Kier molecular flexibility index (Phi) is 8.04. The first-order valence-electron chi connectivity index (χ1n) is 8.75. The maximum Gasteiger partial charge on any atom is 0.242 e.